The molecule has 12 heterocycles. The number of thiophene rings is 1. The molecule has 10 aliphatic heterocycles. The molecule has 0 bridgehead atoms. The van der Waals surface area contributed by atoms with Crippen LogP contribution in [0, 0.1) is 6.92 Å². The second-order valence-electron chi connectivity index (χ2n) is 36.6. The van der Waals surface area contributed by atoms with Gasteiger partial charge in [-0.2, -0.15) is 21.5 Å². The second-order valence-corrected chi connectivity index (χ2v) is 50.5. The Bertz CT molecular complexity index is 7800. The first-order valence-corrected chi connectivity index (χ1v) is 58.7. The van der Waals surface area contributed by atoms with Gasteiger partial charge < -0.3 is 37.6 Å². The summed E-state index contributed by atoms with van der Waals surface area (Å²) in [5.74, 6) is 1.70. The summed E-state index contributed by atoms with van der Waals surface area (Å²) in [4.78, 5) is 82.6. The maximum Gasteiger partial charge on any atom is 0.414 e. The predicted molar refractivity (Wildman–Crippen MR) is 571 cm³/mol. The van der Waals surface area contributed by atoms with E-state index < -0.39 is 80.1 Å². The molecule has 0 saturated carbocycles. The van der Waals surface area contributed by atoms with E-state index in [1.54, 1.807) is 169 Å². The average Bonchev–Trinajstić information content (AvgIpc) is 0.871. The monoisotopic (exact) mass is 2320 g/mol. The Hall–Kier alpha value is -11.5. The van der Waals surface area contributed by atoms with Crippen molar-refractivity contribution in [3.63, 3.8) is 0 Å². The number of carbonyl (C=O) groups excluding carboxylic acids is 5. The van der Waals surface area contributed by atoms with Gasteiger partial charge >= 0.3 is 36.1 Å². The molecule has 150 heavy (non-hydrogen) atoms. The van der Waals surface area contributed by atoms with Crippen molar-refractivity contribution in [2.75, 3.05) is 97.1 Å². The number of carbonyl (C=O) groups is 5. The molecule has 5 saturated heterocycles. The Balaban J connectivity index is 0.000000123. The van der Waals surface area contributed by atoms with Crippen molar-refractivity contribution in [3.05, 3.63) is 309 Å². The standard InChI is InChI=1S/C25H22BrClN2O5S.C22H19ClN2O6S.C20H21ClN2O5S.C20H21ClN2O4S.C17H17ClN2O4S2/c26-18-1-4-21(5-2-18)34-22-6-8-23(9-7-22)35(31,32)28-13-11-20(12-14-28)29-24-10-3-19(27)15-17(24)16-33-25(29)30;23-16-2-4-19-15(11-16)13-30-22(27)25(19)17-7-9-24(10-8-17)32(28,29)18-3-5-20-14(12-18)1-6-21(26)31-20;1-27-17-3-2-4-18(12-17)29(25,26)22-9-7-16(8-10-22)23-19-6-5-15(21)11-14(19)13-28-20(23)24;1-14-3-2-4-18(11-14)28(25,26)22-9-7-17(8-10-22)23-19-6-5-16(21)12-15(19)13-27-20(23)24;18-13-3-4-15-12(10-13)11-24-17(21)20(15)14-5-7-19(8-6-14)26(22,23)16-2-1-9-25-16/h1-10,15,20H,11-14,16H2;1-6,11-12,17H,7-10,13H2;2-6,11-12,16H,7-10,13H2,1H3;2-6,11-12,17H,7-10,13H2,1H3;1-4,9-10,14H,5-8,11H2. The normalized spacial score (nSPS) is 18.2. The van der Waals surface area contributed by atoms with Gasteiger partial charge in [-0.1, -0.05) is 98.2 Å². The first kappa shape index (κ1) is 108. The lowest BCUT2D eigenvalue weighted by Gasteiger charge is -2.39. The van der Waals surface area contributed by atoms with E-state index in [0.29, 0.717) is 179 Å². The third-order valence-electron chi connectivity index (χ3n) is 27.3. The predicted octanol–water partition coefficient (Wildman–Crippen LogP) is 21.3. The van der Waals surface area contributed by atoms with Crippen LogP contribution in [0.1, 0.15) is 97.6 Å². The summed E-state index contributed by atoms with van der Waals surface area (Å²) in [6.45, 7) is 6.04. The molecule has 0 aliphatic carbocycles. The van der Waals surface area contributed by atoms with Crippen molar-refractivity contribution in [1.82, 2.24) is 21.5 Å². The summed E-state index contributed by atoms with van der Waals surface area (Å²) in [7, 11) is -16.5. The minimum absolute atomic E-state index is 0.0995. The molecule has 2 aromatic heterocycles. The zero-order valence-electron chi connectivity index (χ0n) is 80.6. The molecule has 46 heteroatoms. The van der Waals surface area contributed by atoms with Crippen molar-refractivity contribution >= 4 is 205 Å². The lowest BCUT2D eigenvalue weighted by atomic mass is 10.0. The molecule has 788 valence electrons. The summed E-state index contributed by atoms with van der Waals surface area (Å²) in [5, 5.41) is 5.21. The highest BCUT2D eigenvalue weighted by molar-refractivity contribution is 9.10. The zero-order chi connectivity index (χ0) is 106. The number of amides is 5. The molecule has 10 aromatic carbocycles. The number of benzene rings is 10. The van der Waals surface area contributed by atoms with Gasteiger partial charge in [0, 0.05) is 171 Å². The third-order valence-corrected chi connectivity index (χ3v) is 39.9. The Kier molecular flexibility index (Phi) is 33.4. The van der Waals surface area contributed by atoms with Crippen LogP contribution in [0.25, 0.3) is 11.0 Å². The molecule has 0 unspecified atom stereocenters. The van der Waals surface area contributed by atoms with E-state index in [1.165, 1.54) is 76.4 Å². The van der Waals surface area contributed by atoms with Crippen LogP contribution in [0.15, 0.2) is 273 Å². The van der Waals surface area contributed by atoms with Crippen LogP contribution >= 0.6 is 85.3 Å². The summed E-state index contributed by atoms with van der Waals surface area (Å²) in [5.41, 5.74) is 8.89. The molecular weight excluding hydrogens is 2220 g/mol. The SMILES string of the molecule is COc1cccc(S(=O)(=O)N2CCC(N3C(=O)OCc4cc(Cl)ccc43)CC2)c1.Cc1cccc(S(=O)(=O)N2CCC(N3C(=O)OCc4cc(Cl)ccc43)CC2)c1.O=C1OCc2cc(Cl)ccc2N1C1CCN(S(=O)(=O)c2ccc(Oc3ccc(Br)cc3)cc2)CC1.O=C1OCc2cc(Cl)ccc2N1C1CCN(S(=O)(=O)c2ccc3oc(=O)ccc3c2)CC1.O=C1OCc2cc(Cl)ccc2N1C1CCN(S(=O)(=O)c2cccs2)CC1. The first-order valence-electron chi connectivity index (χ1n) is 47.9. The van der Waals surface area contributed by atoms with E-state index in [4.69, 9.17) is 95.6 Å². The Morgan fingerprint density at radius 2 is 0.620 bits per heavy atom. The third kappa shape index (κ3) is 24.0. The zero-order valence-corrected chi connectivity index (χ0v) is 90.8. The lowest BCUT2D eigenvalue weighted by Crippen LogP contribution is -2.50. The van der Waals surface area contributed by atoms with Crippen LogP contribution in [0.3, 0.4) is 0 Å². The number of aryl methyl sites for hydroxylation is 1. The number of hydrogen-bond acceptors (Lipinski definition) is 25. The van der Waals surface area contributed by atoms with Crippen LogP contribution in [-0.4, -0.2) is 197 Å². The Labute approximate surface area is 904 Å². The van der Waals surface area contributed by atoms with Gasteiger partial charge in [0.25, 0.3) is 10.0 Å². The maximum absolute atomic E-state index is 13.2. The van der Waals surface area contributed by atoms with Crippen LogP contribution < -0.4 is 39.6 Å². The fourth-order valence-corrected chi connectivity index (χ4v) is 29.6. The summed E-state index contributed by atoms with van der Waals surface area (Å²) < 4.78 is 181. The number of halogens is 6. The number of nitrogens with zero attached hydrogens (tertiary/aromatic N) is 10. The molecule has 12 aromatic rings. The highest BCUT2D eigenvalue weighted by Gasteiger charge is 2.45. The molecule has 34 nitrogen and oxygen atoms in total. The van der Waals surface area contributed by atoms with Gasteiger partial charge in [-0.25, -0.2) is 70.9 Å². The number of anilines is 5. The molecule has 0 atom stereocenters. The maximum atomic E-state index is 13.2. The van der Waals surface area contributed by atoms with E-state index in [0.717, 1.165) is 66.3 Å². The number of rotatable bonds is 18. The van der Waals surface area contributed by atoms with Crippen molar-refractivity contribution in [2.45, 2.75) is 158 Å². The van der Waals surface area contributed by atoms with Gasteiger partial charge in [-0.15, -0.1) is 11.3 Å². The van der Waals surface area contributed by atoms with E-state index in [1.807, 2.05) is 61.5 Å². The Morgan fingerprint density at radius 3 is 0.947 bits per heavy atom. The van der Waals surface area contributed by atoms with Crippen molar-refractivity contribution in [3.8, 4) is 17.2 Å². The minimum Gasteiger partial charge on any atom is -0.497 e. The molecule has 5 fully saturated rings. The van der Waals surface area contributed by atoms with Gasteiger partial charge in [0.1, 0.15) is 60.1 Å². The van der Waals surface area contributed by atoms with E-state index in [-0.39, 0.29) is 97.1 Å². The van der Waals surface area contributed by atoms with Crippen molar-refractivity contribution in [2.24, 2.45) is 0 Å². The highest BCUT2D eigenvalue weighted by Crippen LogP contribution is 2.44. The summed E-state index contributed by atoms with van der Waals surface area (Å²) in [6, 6.07) is 63.8. The fraction of sp³-hybridized carbons (Fsp3) is 0.308. The van der Waals surface area contributed by atoms with Crippen LogP contribution in [-0.2, 0) is 107 Å². The van der Waals surface area contributed by atoms with Crippen LogP contribution in [0.5, 0.6) is 17.2 Å². The van der Waals surface area contributed by atoms with Gasteiger partial charge in [0.15, 0.2) is 0 Å². The van der Waals surface area contributed by atoms with E-state index in [9.17, 15) is 70.9 Å². The second kappa shape index (κ2) is 46.2. The number of methoxy groups -OCH3 is 1. The van der Waals surface area contributed by atoms with Gasteiger partial charge in [0.2, 0.25) is 40.1 Å². The lowest BCUT2D eigenvalue weighted by molar-refractivity contribution is 0.135. The van der Waals surface area contributed by atoms with E-state index in [2.05, 4.69) is 15.9 Å². The van der Waals surface area contributed by atoms with Gasteiger partial charge in [-0.3, -0.25) is 24.5 Å². The van der Waals surface area contributed by atoms with Gasteiger partial charge in [-0.05, 0) is 276 Å². The number of piperidine rings is 5. The fourth-order valence-electron chi connectivity index (χ4n) is 19.7. The summed E-state index contributed by atoms with van der Waals surface area (Å²) in [6.07, 6.45) is 3.14. The van der Waals surface area contributed by atoms with Crippen molar-refractivity contribution in [1.29, 1.82) is 0 Å². The Morgan fingerprint density at radius 1 is 0.313 bits per heavy atom. The van der Waals surface area contributed by atoms with Crippen molar-refractivity contribution < 1.29 is 104 Å². The number of sulfonamides is 5. The molecule has 10 aliphatic rings. The molecule has 0 spiro atoms. The number of cyclic esters (lactones) is 5. The highest BCUT2D eigenvalue weighted by atomic mass is 79.9. The van der Waals surface area contributed by atoms with E-state index >= 15 is 0 Å². The van der Waals surface area contributed by atoms with Crippen LogP contribution in [0.2, 0.25) is 25.1 Å². The average molecular weight is 2320 g/mol. The minimum atomic E-state index is -3.74. The summed E-state index contributed by atoms with van der Waals surface area (Å²) >= 11 is 34.9. The van der Waals surface area contributed by atoms with Gasteiger partial charge in [0.05, 0.1) is 55.1 Å². The quantitative estimate of drug-likeness (QED) is 0.0568. The number of fused-ring (bicyclic) bond motifs is 6. The van der Waals surface area contributed by atoms with Crippen LogP contribution in [0.4, 0.5) is 52.4 Å². The largest absolute Gasteiger partial charge is 0.497 e. The first-order chi connectivity index (χ1) is 71.9. The number of ether oxygens (including phenoxy) is 7. The molecule has 0 radical (unpaired) electrons. The smallest absolute Gasteiger partial charge is 0.414 e. The molecule has 22 rings (SSSR count). The molecule has 5 amide bonds. The molecule has 0 N–H and O–H groups in total. The molecular formula is C104H100BrCl5N10O24S6. The number of hydrogen-bond donors (Lipinski definition) is 0. The topological polar surface area (TPSA) is 383 Å².